The van der Waals surface area contributed by atoms with Crippen molar-refractivity contribution >= 4 is 11.8 Å². The number of ether oxygens (including phenoxy) is 1. The highest BCUT2D eigenvalue weighted by Crippen LogP contribution is 2.12. The SMILES string of the molecule is COc1ccc(C(=O)NC(C(=O)NC(C)CO)C(C)C)cc1. The molecular weight excluding hydrogens is 284 g/mol. The fourth-order valence-electron chi connectivity index (χ4n) is 1.88. The van der Waals surface area contributed by atoms with Gasteiger partial charge >= 0.3 is 0 Å². The van der Waals surface area contributed by atoms with Crippen LogP contribution in [0.1, 0.15) is 31.1 Å². The first-order valence-corrected chi connectivity index (χ1v) is 7.25. The zero-order valence-corrected chi connectivity index (χ0v) is 13.4. The molecule has 1 rings (SSSR count). The van der Waals surface area contributed by atoms with Crippen LogP contribution in [0.15, 0.2) is 24.3 Å². The van der Waals surface area contributed by atoms with E-state index in [0.29, 0.717) is 11.3 Å². The quantitative estimate of drug-likeness (QED) is 0.700. The van der Waals surface area contributed by atoms with E-state index < -0.39 is 6.04 Å². The maximum atomic E-state index is 12.2. The molecule has 0 fully saturated rings. The van der Waals surface area contributed by atoms with Crippen molar-refractivity contribution in [1.29, 1.82) is 0 Å². The van der Waals surface area contributed by atoms with Crippen LogP contribution in [0.4, 0.5) is 0 Å². The number of rotatable bonds is 7. The Kier molecular flexibility index (Phi) is 6.85. The smallest absolute Gasteiger partial charge is 0.251 e. The van der Waals surface area contributed by atoms with Gasteiger partial charge in [0.05, 0.1) is 13.7 Å². The van der Waals surface area contributed by atoms with Gasteiger partial charge in [0.15, 0.2) is 0 Å². The van der Waals surface area contributed by atoms with Gasteiger partial charge in [0.25, 0.3) is 5.91 Å². The highest BCUT2D eigenvalue weighted by Gasteiger charge is 2.25. The molecular formula is C16H24N2O4. The minimum Gasteiger partial charge on any atom is -0.497 e. The molecule has 2 amide bonds. The Bertz CT molecular complexity index is 499. The number of aliphatic hydroxyl groups is 1. The Labute approximate surface area is 130 Å². The standard InChI is InChI=1S/C16H24N2O4/c1-10(2)14(16(21)17-11(3)9-19)18-15(20)12-5-7-13(22-4)8-6-12/h5-8,10-11,14,19H,9H2,1-4H3,(H,17,21)(H,18,20). The zero-order chi connectivity index (χ0) is 16.7. The second kappa shape index (κ2) is 8.38. The van der Waals surface area contributed by atoms with Crippen molar-refractivity contribution in [2.24, 2.45) is 5.92 Å². The van der Waals surface area contributed by atoms with E-state index >= 15 is 0 Å². The summed E-state index contributed by atoms with van der Waals surface area (Å²) in [5.74, 6) is -0.0499. The Hall–Kier alpha value is -2.08. The minimum absolute atomic E-state index is 0.0758. The predicted molar refractivity (Wildman–Crippen MR) is 83.8 cm³/mol. The van der Waals surface area contributed by atoms with Crippen molar-refractivity contribution in [3.63, 3.8) is 0 Å². The van der Waals surface area contributed by atoms with Gasteiger partial charge in [-0.05, 0) is 37.1 Å². The number of hydrogen-bond donors (Lipinski definition) is 3. The lowest BCUT2D eigenvalue weighted by molar-refractivity contribution is -0.124. The summed E-state index contributed by atoms with van der Waals surface area (Å²) in [6.07, 6.45) is 0. The van der Waals surface area contributed by atoms with Crippen LogP contribution in [-0.2, 0) is 4.79 Å². The summed E-state index contributed by atoms with van der Waals surface area (Å²) in [5, 5.41) is 14.4. The fraction of sp³-hybridized carbons (Fsp3) is 0.500. The first kappa shape index (κ1) is 18.0. The van der Waals surface area contributed by atoms with E-state index in [1.807, 2.05) is 13.8 Å². The average Bonchev–Trinajstić information content (AvgIpc) is 2.51. The molecule has 6 nitrogen and oxygen atoms in total. The number of carbonyl (C=O) groups excluding carboxylic acids is 2. The number of carbonyl (C=O) groups is 2. The second-order valence-electron chi connectivity index (χ2n) is 5.52. The summed E-state index contributed by atoms with van der Waals surface area (Å²) in [6, 6.07) is 5.63. The number of amides is 2. The molecule has 6 heteroatoms. The van der Waals surface area contributed by atoms with Crippen LogP contribution >= 0.6 is 0 Å². The van der Waals surface area contributed by atoms with Crippen molar-refractivity contribution in [2.45, 2.75) is 32.9 Å². The van der Waals surface area contributed by atoms with Crippen molar-refractivity contribution in [1.82, 2.24) is 10.6 Å². The van der Waals surface area contributed by atoms with Crippen molar-refractivity contribution in [3.8, 4) is 5.75 Å². The summed E-state index contributed by atoms with van der Waals surface area (Å²) in [7, 11) is 1.55. The molecule has 2 atom stereocenters. The summed E-state index contributed by atoms with van der Waals surface area (Å²) < 4.78 is 5.04. The zero-order valence-electron chi connectivity index (χ0n) is 13.4. The number of nitrogens with one attached hydrogen (secondary N) is 2. The molecule has 0 spiro atoms. The van der Waals surface area contributed by atoms with E-state index in [1.54, 1.807) is 38.3 Å². The van der Waals surface area contributed by atoms with Crippen molar-refractivity contribution in [2.75, 3.05) is 13.7 Å². The van der Waals surface area contributed by atoms with Gasteiger partial charge in [0, 0.05) is 11.6 Å². The maximum absolute atomic E-state index is 12.2. The van der Waals surface area contributed by atoms with Gasteiger partial charge in [-0.2, -0.15) is 0 Å². The topological polar surface area (TPSA) is 87.7 Å². The summed E-state index contributed by atoms with van der Waals surface area (Å²) in [5.41, 5.74) is 0.453. The van der Waals surface area contributed by atoms with Crippen molar-refractivity contribution in [3.05, 3.63) is 29.8 Å². The Morgan fingerprint density at radius 2 is 1.73 bits per heavy atom. The molecule has 0 aliphatic heterocycles. The second-order valence-corrected chi connectivity index (χ2v) is 5.52. The number of benzene rings is 1. The summed E-state index contributed by atoms with van der Waals surface area (Å²) >= 11 is 0. The lowest BCUT2D eigenvalue weighted by Gasteiger charge is -2.23. The molecule has 2 unspecified atom stereocenters. The van der Waals surface area contributed by atoms with Crippen LogP contribution in [-0.4, -0.2) is 42.7 Å². The third-order valence-corrected chi connectivity index (χ3v) is 3.25. The van der Waals surface area contributed by atoms with Gasteiger partial charge in [-0.3, -0.25) is 9.59 Å². The molecule has 1 aromatic carbocycles. The molecule has 0 saturated heterocycles. The van der Waals surface area contributed by atoms with E-state index in [0.717, 1.165) is 0 Å². The monoisotopic (exact) mass is 308 g/mol. The Balaban J connectivity index is 2.76. The first-order valence-electron chi connectivity index (χ1n) is 7.25. The average molecular weight is 308 g/mol. The van der Waals surface area contributed by atoms with Crippen LogP contribution in [0.3, 0.4) is 0 Å². The highest BCUT2D eigenvalue weighted by molar-refractivity contribution is 5.97. The van der Waals surface area contributed by atoms with Crippen molar-refractivity contribution < 1.29 is 19.4 Å². The molecule has 22 heavy (non-hydrogen) atoms. The lowest BCUT2D eigenvalue weighted by atomic mass is 10.0. The normalized spacial score (nSPS) is 13.4. The Morgan fingerprint density at radius 1 is 1.14 bits per heavy atom. The van der Waals surface area contributed by atoms with Crippen LogP contribution in [0.2, 0.25) is 0 Å². The molecule has 0 aromatic heterocycles. The number of hydrogen-bond acceptors (Lipinski definition) is 4. The predicted octanol–water partition coefficient (Wildman–Crippen LogP) is 0.947. The van der Waals surface area contributed by atoms with Gasteiger partial charge in [0.2, 0.25) is 5.91 Å². The largest absolute Gasteiger partial charge is 0.497 e. The van der Waals surface area contributed by atoms with Crippen LogP contribution in [0.5, 0.6) is 5.75 Å². The van der Waals surface area contributed by atoms with Crippen LogP contribution < -0.4 is 15.4 Å². The molecule has 0 bridgehead atoms. The minimum atomic E-state index is -0.663. The highest BCUT2D eigenvalue weighted by atomic mass is 16.5. The van der Waals surface area contributed by atoms with Gasteiger partial charge in [0.1, 0.15) is 11.8 Å². The third kappa shape index (κ3) is 5.04. The molecule has 3 N–H and O–H groups in total. The number of methoxy groups -OCH3 is 1. The first-order chi connectivity index (χ1) is 10.4. The number of aliphatic hydroxyl groups excluding tert-OH is 1. The molecule has 0 aliphatic carbocycles. The summed E-state index contributed by atoms with van der Waals surface area (Å²) in [6.45, 7) is 5.24. The van der Waals surface area contributed by atoms with E-state index in [4.69, 9.17) is 9.84 Å². The molecule has 0 radical (unpaired) electrons. The van der Waals surface area contributed by atoms with Gasteiger partial charge in [-0.25, -0.2) is 0 Å². The van der Waals surface area contributed by atoms with E-state index in [2.05, 4.69) is 10.6 Å². The van der Waals surface area contributed by atoms with Crippen LogP contribution in [0, 0.1) is 5.92 Å². The molecule has 1 aromatic rings. The Morgan fingerprint density at radius 3 is 2.18 bits per heavy atom. The molecule has 0 heterocycles. The molecule has 122 valence electrons. The van der Waals surface area contributed by atoms with Crippen LogP contribution in [0.25, 0.3) is 0 Å². The van der Waals surface area contributed by atoms with E-state index in [1.165, 1.54) is 0 Å². The third-order valence-electron chi connectivity index (χ3n) is 3.25. The molecule has 0 aliphatic rings. The van der Waals surface area contributed by atoms with Gasteiger partial charge < -0.3 is 20.5 Å². The van der Waals surface area contributed by atoms with Gasteiger partial charge in [-0.1, -0.05) is 13.8 Å². The lowest BCUT2D eigenvalue weighted by Crippen LogP contribution is -2.52. The van der Waals surface area contributed by atoms with E-state index in [9.17, 15) is 9.59 Å². The maximum Gasteiger partial charge on any atom is 0.251 e. The fourth-order valence-corrected chi connectivity index (χ4v) is 1.88. The van der Waals surface area contributed by atoms with Gasteiger partial charge in [-0.15, -0.1) is 0 Å². The summed E-state index contributed by atoms with van der Waals surface area (Å²) in [4.78, 5) is 24.4. The van der Waals surface area contributed by atoms with E-state index in [-0.39, 0.29) is 30.4 Å². The molecule has 0 saturated carbocycles.